The van der Waals surface area contributed by atoms with Crippen LogP contribution in [0.2, 0.25) is 0 Å². The average molecular weight is 154 g/mol. The van der Waals surface area contributed by atoms with Crippen molar-refractivity contribution >= 4 is 0 Å². The second-order valence-corrected chi connectivity index (χ2v) is 2.40. The van der Waals surface area contributed by atoms with Crippen LogP contribution in [0.4, 0.5) is 0 Å². The van der Waals surface area contributed by atoms with Crippen LogP contribution < -0.4 is 18.1 Å². The molecule has 3 atom stereocenters. The Balaban J connectivity index is 0.000000640. The minimum atomic E-state index is -0.574. The van der Waals surface area contributed by atoms with E-state index in [4.69, 9.17) is 10.2 Å². The first kappa shape index (κ1) is 9.17. The first-order chi connectivity index (χ1) is 3.72. The van der Waals surface area contributed by atoms with E-state index in [1.54, 1.807) is 0 Å². The summed E-state index contributed by atoms with van der Waals surface area (Å²) in [5, 5.41) is 17.8. The highest BCUT2D eigenvalue weighted by Crippen LogP contribution is 2.15. The summed E-state index contributed by atoms with van der Waals surface area (Å²) in [4.78, 5) is 0. The maximum Gasteiger partial charge on any atom is 0.131 e. The summed E-state index contributed by atoms with van der Waals surface area (Å²) in [6.45, 7) is 0. The van der Waals surface area contributed by atoms with Crippen LogP contribution >= 0.6 is 0 Å². The van der Waals surface area contributed by atoms with Gasteiger partial charge in [-0.25, -0.2) is 0 Å². The van der Waals surface area contributed by atoms with Crippen LogP contribution in [0.5, 0.6) is 0 Å². The van der Waals surface area contributed by atoms with Gasteiger partial charge in [-0.15, -0.1) is 0 Å². The maximum atomic E-state index is 8.95. The number of halogens is 1. The Morgan fingerprint density at radius 1 is 1.22 bits per heavy atom. The smallest absolute Gasteiger partial charge is 0.131 e. The van der Waals surface area contributed by atoms with E-state index in [1.165, 1.54) is 0 Å². The zero-order valence-corrected chi connectivity index (χ0v) is 5.88. The molecule has 0 aliphatic heterocycles. The minimum Gasteiger partial charge on any atom is -1.00 e. The van der Waals surface area contributed by atoms with Gasteiger partial charge in [0.1, 0.15) is 12.1 Å². The van der Waals surface area contributed by atoms with E-state index in [1.807, 2.05) is 0 Å². The average Bonchev–Trinajstić information content (AvgIpc) is 1.98. The van der Waals surface area contributed by atoms with Gasteiger partial charge >= 0.3 is 0 Å². The largest absolute Gasteiger partial charge is 1.00 e. The Kier molecular flexibility index (Phi) is 3.43. The molecule has 1 rings (SSSR count). The summed E-state index contributed by atoms with van der Waals surface area (Å²) in [5.74, 6) is 0. The molecule has 56 valence electrons. The molecule has 0 aromatic rings. The first-order valence-corrected chi connectivity index (χ1v) is 2.91. The van der Waals surface area contributed by atoms with Crippen LogP contribution in [0.15, 0.2) is 0 Å². The summed E-state index contributed by atoms with van der Waals surface area (Å²) in [6.07, 6.45) is 0.463. The van der Waals surface area contributed by atoms with Crippen molar-refractivity contribution in [2.75, 3.05) is 0 Å². The van der Waals surface area contributed by atoms with Crippen LogP contribution in [0, 0.1) is 0 Å². The van der Waals surface area contributed by atoms with E-state index in [9.17, 15) is 0 Å². The molecule has 4 heteroatoms. The molecule has 0 aromatic carbocycles. The fraction of sp³-hybridized carbons (Fsp3) is 1.00. The van der Waals surface area contributed by atoms with Gasteiger partial charge in [0.25, 0.3) is 0 Å². The molecule has 0 heterocycles. The zero-order valence-electron chi connectivity index (χ0n) is 5.13. The highest BCUT2D eigenvalue weighted by Gasteiger charge is 2.33. The number of hydrogen-bond acceptors (Lipinski definition) is 2. The molecular formula is C5H12ClNO2. The molecule has 0 amide bonds. The Bertz CT molecular complexity index is 81.0. The predicted molar refractivity (Wildman–Crippen MR) is 27.9 cm³/mol. The Morgan fingerprint density at radius 2 is 1.78 bits per heavy atom. The SMILES string of the molecule is [Cl-].[NH3+][C@H]1CC[C@@H](O)[C@@H]1O. The second kappa shape index (κ2) is 3.37. The van der Waals surface area contributed by atoms with Crippen molar-refractivity contribution in [1.82, 2.24) is 0 Å². The van der Waals surface area contributed by atoms with Crippen molar-refractivity contribution in [3.05, 3.63) is 0 Å². The van der Waals surface area contributed by atoms with E-state index in [-0.39, 0.29) is 18.4 Å². The Hall–Kier alpha value is 0.170. The number of aliphatic hydroxyl groups is 2. The fourth-order valence-corrected chi connectivity index (χ4v) is 1.04. The van der Waals surface area contributed by atoms with Gasteiger partial charge in [0.2, 0.25) is 0 Å². The third-order valence-corrected chi connectivity index (χ3v) is 1.71. The maximum absolute atomic E-state index is 8.95. The quantitative estimate of drug-likeness (QED) is 0.327. The van der Waals surface area contributed by atoms with Crippen LogP contribution in [-0.2, 0) is 0 Å². The van der Waals surface area contributed by atoms with E-state index in [0.29, 0.717) is 6.42 Å². The number of aliphatic hydroxyl groups excluding tert-OH is 2. The zero-order chi connectivity index (χ0) is 6.15. The number of hydrogen-bond donors (Lipinski definition) is 3. The Morgan fingerprint density at radius 3 is 1.89 bits per heavy atom. The lowest BCUT2D eigenvalue weighted by atomic mass is 10.2. The van der Waals surface area contributed by atoms with E-state index < -0.39 is 12.2 Å². The minimum absolute atomic E-state index is 0. The van der Waals surface area contributed by atoms with Gasteiger partial charge < -0.3 is 28.4 Å². The molecule has 1 saturated carbocycles. The molecule has 0 radical (unpaired) electrons. The van der Waals surface area contributed by atoms with E-state index in [2.05, 4.69) is 5.73 Å². The normalized spacial score (nSPS) is 42.3. The lowest BCUT2D eigenvalue weighted by Crippen LogP contribution is -3.00. The number of rotatable bonds is 0. The van der Waals surface area contributed by atoms with Gasteiger partial charge in [-0.2, -0.15) is 0 Å². The van der Waals surface area contributed by atoms with Crippen LogP contribution in [0.3, 0.4) is 0 Å². The van der Waals surface area contributed by atoms with Crippen molar-refractivity contribution in [2.45, 2.75) is 31.1 Å². The van der Waals surface area contributed by atoms with Crippen molar-refractivity contribution in [3.8, 4) is 0 Å². The standard InChI is InChI=1S/C5H11NO2.ClH/c6-3-1-2-4(7)5(3)8;/h3-5,7-8H,1-2,6H2;1H/t3-,4+,5+;/m0./s1. The van der Waals surface area contributed by atoms with Gasteiger partial charge in [0.15, 0.2) is 0 Å². The topological polar surface area (TPSA) is 68.1 Å². The molecule has 0 aromatic heterocycles. The molecule has 0 saturated heterocycles. The first-order valence-electron chi connectivity index (χ1n) is 2.91. The van der Waals surface area contributed by atoms with E-state index in [0.717, 1.165) is 6.42 Å². The lowest BCUT2D eigenvalue weighted by molar-refractivity contribution is -0.434. The summed E-state index contributed by atoms with van der Waals surface area (Å²) in [5.41, 5.74) is 3.66. The summed E-state index contributed by atoms with van der Waals surface area (Å²) in [7, 11) is 0. The van der Waals surface area contributed by atoms with Crippen molar-refractivity contribution in [1.29, 1.82) is 0 Å². The van der Waals surface area contributed by atoms with Crippen LogP contribution in [-0.4, -0.2) is 28.5 Å². The van der Waals surface area contributed by atoms with E-state index >= 15 is 0 Å². The number of quaternary nitrogens is 1. The highest BCUT2D eigenvalue weighted by atomic mass is 35.5. The molecule has 0 bridgehead atoms. The predicted octanol–water partition coefficient (Wildman–Crippen LogP) is -4.88. The van der Waals surface area contributed by atoms with Gasteiger partial charge in [-0.1, -0.05) is 0 Å². The molecule has 3 nitrogen and oxygen atoms in total. The summed E-state index contributed by atoms with van der Waals surface area (Å²) < 4.78 is 0. The van der Waals surface area contributed by atoms with Crippen LogP contribution in [0.25, 0.3) is 0 Å². The third kappa shape index (κ3) is 1.79. The summed E-state index contributed by atoms with van der Waals surface area (Å²) >= 11 is 0. The molecule has 1 fully saturated rings. The summed E-state index contributed by atoms with van der Waals surface area (Å²) in [6, 6.07) is 0.0463. The molecule has 0 spiro atoms. The van der Waals surface area contributed by atoms with Gasteiger partial charge in [0.05, 0.1) is 6.10 Å². The monoisotopic (exact) mass is 153 g/mol. The van der Waals surface area contributed by atoms with Gasteiger partial charge in [-0.3, -0.25) is 0 Å². The van der Waals surface area contributed by atoms with Gasteiger partial charge in [-0.05, 0) is 6.42 Å². The Labute approximate surface area is 60.3 Å². The molecule has 1 aliphatic rings. The molecule has 1 aliphatic carbocycles. The van der Waals surface area contributed by atoms with Crippen molar-refractivity contribution in [2.24, 2.45) is 0 Å². The third-order valence-electron chi connectivity index (χ3n) is 1.71. The lowest BCUT2D eigenvalue weighted by Gasteiger charge is -2.07. The molecule has 5 N–H and O–H groups in total. The fourth-order valence-electron chi connectivity index (χ4n) is 1.04. The molecule has 9 heavy (non-hydrogen) atoms. The second-order valence-electron chi connectivity index (χ2n) is 2.40. The molecular weight excluding hydrogens is 142 g/mol. The van der Waals surface area contributed by atoms with Gasteiger partial charge in [0, 0.05) is 6.42 Å². The highest BCUT2D eigenvalue weighted by molar-refractivity contribution is 4.82. The van der Waals surface area contributed by atoms with Crippen molar-refractivity contribution < 1.29 is 28.4 Å². The van der Waals surface area contributed by atoms with Crippen molar-refractivity contribution in [3.63, 3.8) is 0 Å². The van der Waals surface area contributed by atoms with Crippen LogP contribution in [0.1, 0.15) is 12.8 Å². The molecule has 0 unspecified atom stereocenters.